The molecule has 1 aromatic rings. The van der Waals surface area contributed by atoms with Gasteiger partial charge < -0.3 is 0 Å². The van der Waals surface area contributed by atoms with Crippen molar-refractivity contribution in [3.63, 3.8) is 0 Å². The van der Waals surface area contributed by atoms with Gasteiger partial charge in [-0.15, -0.1) is 0 Å². The molecule has 0 fully saturated rings. The van der Waals surface area contributed by atoms with E-state index in [1.54, 1.807) is 0 Å². The third-order valence-electron chi connectivity index (χ3n) is 1.66. The van der Waals surface area contributed by atoms with Crippen LogP contribution in [0.15, 0.2) is 12.1 Å². The fraction of sp³-hybridized carbons (Fsp3) is 0.250. The molecular formula is C8H6ClF2NO2. The molecular weight excluding hydrogens is 216 g/mol. The van der Waals surface area contributed by atoms with Crippen molar-refractivity contribution < 1.29 is 13.7 Å². The van der Waals surface area contributed by atoms with Crippen LogP contribution < -0.4 is 0 Å². The minimum atomic E-state index is -2.80. The predicted molar refractivity (Wildman–Crippen MR) is 47.8 cm³/mol. The van der Waals surface area contributed by atoms with Crippen molar-refractivity contribution in [1.82, 2.24) is 0 Å². The lowest BCUT2D eigenvalue weighted by atomic mass is 10.1. The monoisotopic (exact) mass is 221 g/mol. The van der Waals surface area contributed by atoms with Crippen LogP contribution in [-0.2, 0) is 0 Å². The summed E-state index contributed by atoms with van der Waals surface area (Å²) in [7, 11) is 0. The summed E-state index contributed by atoms with van der Waals surface area (Å²) in [6.45, 7) is 1.50. The van der Waals surface area contributed by atoms with Gasteiger partial charge in [0, 0.05) is 11.6 Å². The summed E-state index contributed by atoms with van der Waals surface area (Å²) in [5.41, 5.74) is -0.600. The van der Waals surface area contributed by atoms with Gasteiger partial charge in [0.25, 0.3) is 12.1 Å². The predicted octanol–water partition coefficient (Wildman–Crippen LogP) is 3.49. The van der Waals surface area contributed by atoms with Crippen molar-refractivity contribution in [2.45, 2.75) is 13.3 Å². The van der Waals surface area contributed by atoms with Crippen molar-refractivity contribution >= 4 is 17.3 Å². The van der Waals surface area contributed by atoms with E-state index in [4.69, 9.17) is 11.6 Å². The smallest absolute Gasteiger partial charge is 0.258 e. The minimum Gasteiger partial charge on any atom is -0.258 e. The lowest BCUT2D eigenvalue weighted by molar-refractivity contribution is -0.384. The number of hydrogen-bond acceptors (Lipinski definition) is 2. The Bertz CT molecular complexity index is 382. The Morgan fingerprint density at radius 3 is 2.50 bits per heavy atom. The van der Waals surface area contributed by atoms with Crippen LogP contribution >= 0.6 is 11.6 Å². The van der Waals surface area contributed by atoms with Gasteiger partial charge in [0.05, 0.1) is 4.92 Å². The molecule has 76 valence electrons. The first-order valence-corrected chi connectivity index (χ1v) is 4.04. The summed E-state index contributed by atoms with van der Waals surface area (Å²) < 4.78 is 24.7. The van der Waals surface area contributed by atoms with E-state index >= 15 is 0 Å². The number of nitro groups is 1. The standard InChI is InChI=1S/C8H6ClF2NO2/c1-4-2-5(8(10)11)7(9)6(3-4)12(13)14/h2-3,8H,1H3. The van der Waals surface area contributed by atoms with Gasteiger partial charge in [0.2, 0.25) is 0 Å². The van der Waals surface area contributed by atoms with E-state index in [-0.39, 0.29) is 0 Å². The SMILES string of the molecule is Cc1cc(C(F)F)c(Cl)c([N+](=O)[O-])c1. The number of rotatable bonds is 2. The fourth-order valence-corrected chi connectivity index (χ4v) is 1.33. The molecule has 0 radical (unpaired) electrons. The fourth-order valence-electron chi connectivity index (χ4n) is 1.07. The van der Waals surface area contributed by atoms with Gasteiger partial charge in [0.15, 0.2) is 0 Å². The van der Waals surface area contributed by atoms with E-state index in [1.165, 1.54) is 6.92 Å². The zero-order valence-electron chi connectivity index (χ0n) is 7.13. The molecule has 0 aliphatic rings. The van der Waals surface area contributed by atoms with Gasteiger partial charge in [-0.2, -0.15) is 0 Å². The largest absolute Gasteiger partial charge is 0.288 e. The average Bonchev–Trinajstić information content (AvgIpc) is 2.07. The van der Waals surface area contributed by atoms with Crippen molar-refractivity contribution in [2.75, 3.05) is 0 Å². The Balaban J connectivity index is 3.40. The minimum absolute atomic E-state index is 0.386. The Morgan fingerprint density at radius 1 is 1.50 bits per heavy atom. The maximum absolute atomic E-state index is 12.3. The molecule has 1 rings (SSSR count). The van der Waals surface area contributed by atoms with Gasteiger partial charge in [0.1, 0.15) is 5.02 Å². The number of nitro benzene ring substituents is 1. The zero-order chi connectivity index (χ0) is 10.9. The first-order valence-electron chi connectivity index (χ1n) is 3.66. The second-order valence-electron chi connectivity index (χ2n) is 2.75. The normalized spacial score (nSPS) is 10.6. The number of hydrogen-bond donors (Lipinski definition) is 0. The first kappa shape index (κ1) is 10.8. The molecule has 0 aromatic heterocycles. The number of nitrogens with zero attached hydrogens (tertiary/aromatic N) is 1. The third-order valence-corrected chi connectivity index (χ3v) is 2.07. The molecule has 0 atom stereocenters. The summed E-state index contributed by atoms with van der Waals surface area (Å²) in [6, 6.07) is 2.30. The van der Waals surface area contributed by atoms with Gasteiger partial charge in [-0.1, -0.05) is 11.6 Å². The van der Waals surface area contributed by atoms with Crippen LogP contribution in [0, 0.1) is 17.0 Å². The average molecular weight is 222 g/mol. The molecule has 0 saturated heterocycles. The van der Waals surface area contributed by atoms with Gasteiger partial charge in [-0.3, -0.25) is 10.1 Å². The van der Waals surface area contributed by atoms with E-state index in [9.17, 15) is 18.9 Å². The van der Waals surface area contributed by atoms with Crippen LogP contribution in [0.1, 0.15) is 17.6 Å². The molecule has 0 aliphatic carbocycles. The molecule has 0 bridgehead atoms. The van der Waals surface area contributed by atoms with E-state index in [0.717, 1.165) is 12.1 Å². The van der Waals surface area contributed by atoms with Crippen LogP contribution in [0.5, 0.6) is 0 Å². The van der Waals surface area contributed by atoms with Gasteiger partial charge >= 0.3 is 0 Å². The van der Waals surface area contributed by atoms with Crippen molar-refractivity contribution in [1.29, 1.82) is 0 Å². The summed E-state index contributed by atoms with van der Waals surface area (Å²) in [6.07, 6.45) is -2.80. The maximum Gasteiger partial charge on any atom is 0.288 e. The molecule has 0 heterocycles. The molecule has 0 saturated carbocycles. The van der Waals surface area contributed by atoms with Crippen molar-refractivity contribution in [2.24, 2.45) is 0 Å². The highest BCUT2D eigenvalue weighted by atomic mass is 35.5. The highest BCUT2D eigenvalue weighted by molar-refractivity contribution is 6.33. The second kappa shape index (κ2) is 3.88. The zero-order valence-corrected chi connectivity index (χ0v) is 7.89. The Labute approximate surface area is 83.4 Å². The Kier molecular flexibility index (Phi) is 3.00. The van der Waals surface area contributed by atoms with Crippen LogP contribution in [-0.4, -0.2) is 4.92 Å². The Morgan fingerprint density at radius 2 is 2.07 bits per heavy atom. The second-order valence-corrected chi connectivity index (χ2v) is 3.12. The number of aryl methyl sites for hydroxylation is 1. The summed E-state index contributed by atoms with van der Waals surface area (Å²) in [5.74, 6) is 0. The first-order chi connectivity index (χ1) is 6.43. The van der Waals surface area contributed by atoms with Crippen molar-refractivity contribution in [3.8, 4) is 0 Å². The number of halogens is 3. The van der Waals surface area contributed by atoms with Crippen LogP contribution in [0.2, 0.25) is 5.02 Å². The van der Waals surface area contributed by atoms with Gasteiger partial charge in [-0.05, 0) is 18.6 Å². The molecule has 6 heteroatoms. The quantitative estimate of drug-likeness (QED) is 0.567. The number of alkyl halides is 2. The summed E-state index contributed by atoms with van der Waals surface area (Å²) >= 11 is 5.45. The summed E-state index contributed by atoms with van der Waals surface area (Å²) in [5, 5.41) is 9.93. The van der Waals surface area contributed by atoms with E-state index in [0.29, 0.717) is 5.56 Å². The molecule has 3 nitrogen and oxygen atoms in total. The summed E-state index contributed by atoms with van der Waals surface area (Å²) in [4.78, 5) is 9.65. The van der Waals surface area contributed by atoms with Crippen LogP contribution in [0.25, 0.3) is 0 Å². The molecule has 14 heavy (non-hydrogen) atoms. The van der Waals surface area contributed by atoms with Gasteiger partial charge in [-0.25, -0.2) is 8.78 Å². The molecule has 0 aliphatic heterocycles. The van der Waals surface area contributed by atoms with E-state index in [1.807, 2.05) is 0 Å². The topological polar surface area (TPSA) is 43.1 Å². The van der Waals surface area contributed by atoms with Crippen LogP contribution in [0.4, 0.5) is 14.5 Å². The highest BCUT2D eigenvalue weighted by Crippen LogP contribution is 2.35. The lowest BCUT2D eigenvalue weighted by Gasteiger charge is -2.04. The van der Waals surface area contributed by atoms with Crippen LogP contribution in [0.3, 0.4) is 0 Å². The molecule has 0 amide bonds. The highest BCUT2D eigenvalue weighted by Gasteiger charge is 2.21. The molecule has 0 unspecified atom stereocenters. The maximum atomic E-state index is 12.3. The third kappa shape index (κ3) is 1.98. The molecule has 1 aromatic carbocycles. The lowest BCUT2D eigenvalue weighted by Crippen LogP contribution is -1.95. The van der Waals surface area contributed by atoms with Crippen molar-refractivity contribution in [3.05, 3.63) is 38.4 Å². The van der Waals surface area contributed by atoms with E-state index in [2.05, 4.69) is 0 Å². The molecule has 0 N–H and O–H groups in total. The Hall–Kier alpha value is -1.23. The molecule has 0 spiro atoms. The van der Waals surface area contributed by atoms with E-state index < -0.39 is 27.6 Å². The number of benzene rings is 1.